The average molecular weight is 314 g/mol. The van der Waals surface area contributed by atoms with E-state index in [-0.39, 0.29) is 0 Å². The maximum atomic E-state index is 11.1. The van der Waals surface area contributed by atoms with Crippen LogP contribution in [0.3, 0.4) is 0 Å². The summed E-state index contributed by atoms with van der Waals surface area (Å²) in [5, 5.41) is 9.11. The Labute approximate surface area is 138 Å². The van der Waals surface area contributed by atoms with E-state index in [9.17, 15) is 4.79 Å². The molecule has 1 aliphatic heterocycles. The van der Waals surface area contributed by atoms with Gasteiger partial charge in [0.25, 0.3) is 0 Å². The third-order valence-electron chi connectivity index (χ3n) is 4.93. The number of piperazine rings is 1. The molecule has 124 valence electrons. The summed E-state index contributed by atoms with van der Waals surface area (Å²) < 4.78 is 0. The second-order valence-corrected chi connectivity index (χ2v) is 6.46. The van der Waals surface area contributed by atoms with Crippen LogP contribution >= 0.6 is 0 Å². The summed E-state index contributed by atoms with van der Waals surface area (Å²) in [7, 11) is 0. The second-order valence-electron chi connectivity index (χ2n) is 6.46. The summed E-state index contributed by atoms with van der Waals surface area (Å²) >= 11 is 0. The summed E-state index contributed by atoms with van der Waals surface area (Å²) in [6, 6.07) is 8.62. The van der Waals surface area contributed by atoms with Crippen molar-refractivity contribution in [1.82, 2.24) is 4.90 Å². The number of hydrogen-bond acceptors (Lipinski definition) is 2. The maximum absolute atomic E-state index is 11.1. The molecule has 0 radical (unpaired) electrons. The van der Waals surface area contributed by atoms with Gasteiger partial charge in [0.15, 0.2) is 0 Å². The molecule has 1 aromatic carbocycles. The normalized spacial score (nSPS) is 22.0. The van der Waals surface area contributed by atoms with E-state index in [1.54, 1.807) is 0 Å². The lowest BCUT2D eigenvalue weighted by molar-refractivity contribution is 0.142. The number of para-hydroxylation sites is 1. The molecule has 0 spiro atoms. The van der Waals surface area contributed by atoms with E-state index in [2.05, 4.69) is 35.2 Å². The molecular weight excluding hydrogens is 288 g/mol. The van der Waals surface area contributed by atoms with Crippen LogP contribution < -0.4 is 4.90 Å². The van der Waals surface area contributed by atoms with Crippen LogP contribution in [0, 0.1) is 0 Å². The predicted octanol–water partition coefficient (Wildman–Crippen LogP) is 4.22. The van der Waals surface area contributed by atoms with Crippen LogP contribution in [-0.2, 0) is 0 Å². The Morgan fingerprint density at radius 1 is 0.957 bits per heavy atom. The average Bonchev–Trinajstić information content (AvgIpc) is 2.55. The first-order chi connectivity index (χ1) is 11.3. The maximum Gasteiger partial charge on any atom is 0.407 e. The monoisotopic (exact) mass is 314 g/mol. The lowest BCUT2D eigenvalue weighted by Gasteiger charge is -2.36. The molecule has 4 heteroatoms. The minimum absolute atomic E-state index is 0.586. The molecule has 4 nitrogen and oxygen atoms in total. The van der Waals surface area contributed by atoms with Crippen LogP contribution in [0.25, 0.3) is 5.57 Å². The van der Waals surface area contributed by atoms with E-state index < -0.39 is 6.09 Å². The smallest absolute Gasteiger partial charge is 0.407 e. The van der Waals surface area contributed by atoms with Crippen LogP contribution in [0.5, 0.6) is 0 Å². The number of allylic oxidation sites excluding steroid dienone is 2. The summed E-state index contributed by atoms with van der Waals surface area (Å²) in [6.07, 6.45) is 9.20. The van der Waals surface area contributed by atoms with E-state index >= 15 is 0 Å². The quantitative estimate of drug-likeness (QED) is 0.888. The standard InChI is InChI=1S/C19H26N2O2/c22-19(23)21-14-12-20(13-15-21)18-11-7-6-10-17(18)16-8-4-2-1-3-5-9-16/h6-8,10-11H,1-5,9,12-15H2,(H,22,23)/b16-8+. The van der Waals surface area contributed by atoms with E-state index in [1.165, 1.54) is 53.8 Å². The summed E-state index contributed by atoms with van der Waals surface area (Å²) in [6.45, 7) is 2.72. The zero-order valence-corrected chi connectivity index (χ0v) is 13.7. The van der Waals surface area contributed by atoms with Gasteiger partial charge in [0.2, 0.25) is 0 Å². The van der Waals surface area contributed by atoms with Crippen molar-refractivity contribution in [3.63, 3.8) is 0 Å². The topological polar surface area (TPSA) is 43.8 Å². The van der Waals surface area contributed by atoms with Crippen LogP contribution in [0.4, 0.5) is 10.5 Å². The zero-order valence-electron chi connectivity index (χ0n) is 13.7. The molecule has 1 N–H and O–H groups in total. The Hall–Kier alpha value is -1.97. The number of anilines is 1. The highest BCUT2D eigenvalue weighted by Crippen LogP contribution is 2.33. The van der Waals surface area contributed by atoms with Crippen LogP contribution in [-0.4, -0.2) is 42.3 Å². The van der Waals surface area contributed by atoms with Crippen molar-refractivity contribution in [3.8, 4) is 0 Å². The molecule has 1 fully saturated rings. The first kappa shape index (κ1) is 15.9. The lowest BCUT2D eigenvalue weighted by atomic mass is 9.93. The minimum atomic E-state index is -0.805. The van der Waals surface area contributed by atoms with Crippen molar-refractivity contribution in [1.29, 1.82) is 0 Å². The molecule has 0 atom stereocenters. The van der Waals surface area contributed by atoms with Gasteiger partial charge in [-0.25, -0.2) is 4.79 Å². The number of benzene rings is 1. The van der Waals surface area contributed by atoms with E-state index in [4.69, 9.17) is 5.11 Å². The van der Waals surface area contributed by atoms with Crippen molar-refractivity contribution in [2.75, 3.05) is 31.1 Å². The number of nitrogens with zero attached hydrogens (tertiary/aromatic N) is 2. The van der Waals surface area contributed by atoms with Gasteiger partial charge in [-0.05, 0) is 37.3 Å². The third-order valence-corrected chi connectivity index (χ3v) is 4.93. The van der Waals surface area contributed by atoms with E-state index in [1.807, 2.05) is 0 Å². The summed E-state index contributed by atoms with van der Waals surface area (Å²) in [5.41, 5.74) is 4.09. The molecule has 1 aromatic rings. The zero-order chi connectivity index (χ0) is 16.1. The van der Waals surface area contributed by atoms with Gasteiger partial charge >= 0.3 is 6.09 Å². The van der Waals surface area contributed by atoms with Crippen molar-refractivity contribution < 1.29 is 9.90 Å². The van der Waals surface area contributed by atoms with E-state index in [0.717, 1.165) is 19.5 Å². The fraction of sp³-hybridized carbons (Fsp3) is 0.526. The van der Waals surface area contributed by atoms with Gasteiger partial charge in [0, 0.05) is 37.4 Å². The van der Waals surface area contributed by atoms with Crippen molar-refractivity contribution in [2.45, 2.75) is 38.5 Å². The Bertz CT molecular complexity index is 574. The first-order valence-corrected chi connectivity index (χ1v) is 8.77. The number of rotatable bonds is 2. The number of carbonyl (C=O) groups is 1. The minimum Gasteiger partial charge on any atom is -0.465 e. The molecule has 1 heterocycles. The summed E-state index contributed by atoms with van der Waals surface area (Å²) in [5.74, 6) is 0. The highest BCUT2D eigenvalue weighted by molar-refractivity contribution is 5.77. The first-order valence-electron chi connectivity index (χ1n) is 8.77. The van der Waals surface area contributed by atoms with Crippen LogP contribution in [0.15, 0.2) is 30.3 Å². The number of carboxylic acid groups (broad SMARTS) is 1. The lowest BCUT2D eigenvalue weighted by Crippen LogP contribution is -2.48. The fourth-order valence-electron chi connectivity index (χ4n) is 3.60. The Balaban J connectivity index is 1.79. The van der Waals surface area contributed by atoms with Gasteiger partial charge in [-0.3, -0.25) is 0 Å². The van der Waals surface area contributed by atoms with Gasteiger partial charge in [0.1, 0.15) is 0 Å². The Kier molecular flexibility index (Phi) is 5.21. The second kappa shape index (κ2) is 7.53. The van der Waals surface area contributed by atoms with Gasteiger partial charge in [0.05, 0.1) is 0 Å². The molecule has 1 aliphatic carbocycles. The summed E-state index contributed by atoms with van der Waals surface area (Å²) in [4.78, 5) is 14.9. The molecule has 23 heavy (non-hydrogen) atoms. The fourth-order valence-corrected chi connectivity index (χ4v) is 3.60. The molecule has 1 saturated heterocycles. The predicted molar refractivity (Wildman–Crippen MR) is 93.9 cm³/mol. The molecule has 2 aliphatic rings. The Morgan fingerprint density at radius 3 is 2.48 bits per heavy atom. The van der Waals surface area contributed by atoms with E-state index in [0.29, 0.717) is 13.1 Å². The van der Waals surface area contributed by atoms with Gasteiger partial charge < -0.3 is 14.9 Å². The van der Waals surface area contributed by atoms with Crippen molar-refractivity contribution in [3.05, 3.63) is 35.9 Å². The van der Waals surface area contributed by atoms with Crippen LogP contribution in [0.2, 0.25) is 0 Å². The SMILES string of the molecule is O=C(O)N1CCN(c2ccccc2/C2=C/CCCCCC2)CC1. The number of amides is 1. The van der Waals surface area contributed by atoms with Gasteiger partial charge in [-0.2, -0.15) is 0 Å². The molecule has 0 saturated carbocycles. The number of hydrogen-bond donors (Lipinski definition) is 1. The molecule has 3 rings (SSSR count). The third kappa shape index (κ3) is 3.87. The van der Waals surface area contributed by atoms with Crippen molar-refractivity contribution in [2.24, 2.45) is 0 Å². The molecule has 1 amide bonds. The highest BCUT2D eigenvalue weighted by Gasteiger charge is 2.22. The molecule has 0 aromatic heterocycles. The van der Waals surface area contributed by atoms with Crippen molar-refractivity contribution >= 4 is 17.4 Å². The molecular formula is C19H26N2O2. The highest BCUT2D eigenvalue weighted by atomic mass is 16.4. The van der Waals surface area contributed by atoms with Gasteiger partial charge in [-0.1, -0.05) is 37.1 Å². The van der Waals surface area contributed by atoms with Crippen LogP contribution in [0.1, 0.15) is 44.1 Å². The molecule has 0 bridgehead atoms. The Morgan fingerprint density at radius 2 is 1.70 bits per heavy atom. The largest absolute Gasteiger partial charge is 0.465 e. The molecule has 0 unspecified atom stereocenters. The van der Waals surface area contributed by atoms with Gasteiger partial charge in [-0.15, -0.1) is 0 Å².